The maximum Gasteiger partial charge on any atom is 0.234 e. The zero-order valence-electron chi connectivity index (χ0n) is 7.73. The van der Waals surface area contributed by atoms with Gasteiger partial charge < -0.3 is 5.11 Å². The molecule has 0 saturated heterocycles. The van der Waals surface area contributed by atoms with E-state index in [2.05, 4.69) is 9.71 Å². The van der Waals surface area contributed by atoms with Gasteiger partial charge in [-0.1, -0.05) is 0 Å². The zero-order valence-corrected chi connectivity index (χ0v) is 9.36. The third-order valence-electron chi connectivity index (χ3n) is 1.44. The van der Waals surface area contributed by atoms with Crippen molar-refractivity contribution in [2.24, 2.45) is 0 Å². The molecule has 5 nitrogen and oxygen atoms in total. The summed E-state index contributed by atoms with van der Waals surface area (Å²) in [7, 11) is -3.35. The van der Waals surface area contributed by atoms with E-state index in [-0.39, 0.29) is 18.8 Å². The summed E-state index contributed by atoms with van der Waals surface area (Å²) in [6.07, 6.45) is 1.84. The quantitative estimate of drug-likeness (QED) is 0.783. The molecule has 1 heterocycles. The molecule has 0 aromatic carbocycles. The van der Waals surface area contributed by atoms with Gasteiger partial charge in [-0.3, -0.25) is 4.72 Å². The second kappa shape index (κ2) is 4.72. The number of hydrogen-bond acceptors (Lipinski definition) is 5. The molecule has 0 bridgehead atoms. The Bertz CT molecular complexity index is 385. The summed E-state index contributed by atoms with van der Waals surface area (Å²) in [4.78, 5) is 4.82. The van der Waals surface area contributed by atoms with Crippen molar-refractivity contribution < 1.29 is 13.5 Å². The maximum atomic E-state index is 11.3. The van der Waals surface area contributed by atoms with Gasteiger partial charge >= 0.3 is 0 Å². The summed E-state index contributed by atoms with van der Waals surface area (Å²) < 4.78 is 25.0. The van der Waals surface area contributed by atoms with Crippen molar-refractivity contribution in [2.45, 2.75) is 13.3 Å². The number of nitrogens with one attached hydrogen (secondary N) is 1. The fourth-order valence-electron chi connectivity index (χ4n) is 0.841. The van der Waals surface area contributed by atoms with Crippen molar-refractivity contribution in [1.82, 2.24) is 4.98 Å². The number of hydrogen-bond donors (Lipinski definition) is 2. The van der Waals surface area contributed by atoms with E-state index >= 15 is 0 Å². The second-order valence-corrected chi connectivity index (χ2v) is 5.85. The molecule has 0 radical (unpaired) electrons. The van der Waals surface area contributed by atoms with Crippen molar-refractivity contribution in [2.75, 3.05) is 17.1 Å². The number of aliphatic hydroxyl groups is 1. The fourth-order valence-corrected chi connectivity index (χ4v) is 2.83. The zero-order chi connectivity index (χ0) is 10.6. The van der Waals surface area contributed by atoms with Crippen LogP contribution in [0.15, 0.2) is 6.20 Å². The van der Waals surface area contributed by atoms with Crippen LogP contribution in [0, 0.1) is 6.92 Å². The minimum atomic E-state index is -3.35. The highest BCUT2D eigenvalue weighted by Gasteiger charge is 2.11. The summed E-state index contributed by atoms with van der Waals surface area (Å²) in [5.74, 6) is -0.0812. The van der Waals surface area contributed by atoms with Gasteiger partial charge in [-0.05, 0) is 13.3 Å². The summed E-state index contributed by atoms with van der Waals surface area (Å²) in [6.45, 7) is 1.72. The lowest BCUT2D eigenvalue weighted by atomic mass is 10.5. The largest absolute Gasteiger partial charge is 0.396 e. The average Bonchev–Trinajstić information content (AvgIpc) is 2.47. The number of aryl methyl sites for hydroxylation is 1. The average molecular weight is 236 g/mol. The van der Waals surface area contributed by atoms with Crippen LogP contribution >= 0.6 is 11.3 Å². The van der Waals surface area contributed by atoms with Crippen LogP contribution in [0.25, 0.3) is 0 Å². The van der Waals surface area contributed by atoms with Gasteiger partial charge in [0.05, 0.1) is 5.75 Å². The summed E-state index contributed by atoms with van der Waals surface area (Å²) in [5.41, 5.74) is 0. The Kier molecular flexibility index (Phi) is 3.85. The molecular formula is C7H12N2O3S2. The molecule has 1 aromatic heterocycles. The minimum Gasteiger partial charge on any atom is -0.396 e. The Morgan fingerprint density at radius 2 is 2.36 bits per heavy atom. The van der Waals surface area contributed by atoms with Crippen LogP contribution in [0.4, 0.5) is 5.13 Å². The summed E-state index contributed by atoms with van der Waals surface area (Å²) in [5, 5.41) is 8.87. The van der Waals surface area contributed by atoms with Crippen LogP contribution in [-0.2, 0) is 10.0 Å². The van der Waals surface area contributed by atoms with Gasteiger partial charge in [0.25, 0.3) is 0 Å². The molecular weight excluding hydrogens is 224 g/mol. The third kappa shape index (κ3) is 3.60. The summed E-state index contributed by atoms with van der Waals surface area (Å²) in [6, 6.07) is 0. The van der Waals surface area contributed by atoms with Gasteiger partial charge in [0.1, 0.15) is 0 Å². The number of sulfonamides is 1. The Balaban J connectivity index is 2.59. The van der Waals surface area contributed by atoms with Crippen molar-refractivity contribution >= 4 is 26.5 Å². The van der Waals surface area contributed by atoms with E-state index < -0.39 is 10.0 Å². The van der Waals surface area contributed by atoms with E-state index in [4.69, 9.17) is 5.11 Å². The minimum absolute atomic E-state index is 0.0812. The van der Waals surface area contributed by atoms with Crippen LogP contribution < -0.4 is 4.72 Å². The maximum absolute atomic E-state index is 11.3. The molecule has 0 atom stereocenters. The van der Waals surface area contributed by atoms with Gasteiger partial charge in [0, 0.05) is 17.7 Å². The van der Waals surface area contributed by atoms with Crippen molar-refractivity contribution in [3.63, 3.8) is 0 Å². The van der Waals surface area contributed by atoms with Gasteiger partial charge in [0.15, 0.2) is 5.13 Å². The first-order chi connectivity index (χ1) is 6.53. The molecule has 0 fully saturated rings. The molecule has 0 aliphatic carbocycles. The van der Waals surface area contributed by atoms with E-state index in [9.17, 15) is 8.42 Å². The number of rotatable bonds is 5. The topological polar surface area (TPSA) is 79.3 Å². The highest BCUT2D eigenvalue weighted by molar-refractivity contribution is 7.92. The fraction of sp³-hybridized carbons (Fsp3) is 0.571. The highest BCUT2D eigenvalue weighted by atomic mass is 32.2. The van der Waals surface area contributed by atoms with Gasteiger partial charge in [-0.25, -0.2) is 13.4 Å². The van der Waals surface area contributed by atoms with Crippen LogP contribution in [0.1, 0.15) is 11.3 Å². The smallest absolute Gasteiger partial charge is 0.234 e. The first-order valence-corrected chi connectivity index (χ1v) is 6.54. The van der Waals surface area contributed by atoms with Gasteiger partial charge in [-0.15, -0.1) is 11.3 Å². The molecule has 0 aliphatic rings. The number of aliphatic hydroxyl groups excluding tert-OH is 1. The lowest BCUT2D eigenvalue weighted by molar-refractivity contribution is 0.295. The molecule has 0 amide bonds. The molecule has 2 N–H and O–H groups in total. The SMILES string of the molecule is Cc1cnc(NS(=O)(=O)CCCO)s1. The summed E-state index contributed by atoms with van der Waals surface area (Å²) >= 11 is 1.28. The molecule has 0 spiro atoms. The normalized spacial score (nSPS) is 11.6. The molecule has 80 valence electrons. The van der Waals surface area contributed by atoms with Gasteiger partial charge in [-0.2, -0.15) is 0 Å². The predicted octanol–water partition coefficient (Wildman–Crippen LogP) is 0.576. The number of thiazole rings is 1. The Morgan fingerprint density at radius 3 is 2.86 bits per heavy atom. The Morgan fingerprint density at radius 1 is 1.64 bits per heavy atom. The first-order valence-electron chi connectivity index (χ1n) is 4.07. The van der Waals surface area contributed by atoms with Crippen LogP contribution in [0.2, 0.25) is 0 Å². The number of anilines is 1. The number of aromatic nitrogens is 1. The third-order valence-corrected chi connectivity index (χ3v) is 3.72. The van der Waals surface area contributed by atoms with E-state index in [1.54, 1.807) is 6.20 Å². The highest BCUT2D eigenvalue weighted by Crippen LogP contribution is 2.17. The first kappa shape index (κ1) is 11.4. The molecule has 1 rings (SSSR count). The number of nitrogens with zero attached hydrogens (tertiary/aromatic N) is 1. The van der Waals surface area contributed by atoms with Crippen molar-refractivity contribution in [1.29, 1.82) is 0 Å². The Labute approximate surface area is 86.9 Å². The monoisotopic (exact) mass is 236 g/mol. The lowest BCUT2D eigenvalue weighted by Gasteiger charge is -2.02. The molecule has 14 heavy (non-hydrogen) atoms. The van der Waals surface area contributed by atoms with Crippen molar-refractivity contribution in [3.8, 4) is 0 Å². The van der Waals surface area contributed by atoms with Crippen molar-refractivity contribution in [3.05, 3.63) is 11.1 Å². The molecule has 0 saturated carbocycles. The Hall–Kier alpha value is -0.660. The molecule has 0 unspecified atom stereocenters. The van der Waals surface area contributed by atoms with E-state index in [1.807, 2.05) is 6.92 Å². The second-order valence-electron chi connectivity index (χ2n) is 2.77. The lowest BCUT2D eigenvalue weighted by Crippen LogP contribution is -2.17. The standard InChI is InChI=1S/C7H12N2O3S2/c1-6-5-8-7(13-6)9-14(11,12)4-2-3-10/h5,10H,2-4H2,1H3,(H,8,9). The van der Waals surface area contributed by atoms with Crippen LogP contribution in [-0.4, -0.2) is 30.9 Å². The van der Waals surface area contributed by atoms with Crippen LogP contribution in [0.5, 0.6) is 0 Å². The van der Waals surface area contributed by atoms with Crippen LogP contribution in [0.3, 0.4) is 0 Å². The molecule has 1 aromatic rings. The van der Waals surface area contributed by atoms with E-state index in [1.165, 1.54) is 11.3 Å². The molecule has 0 aliphatic heterocycles. The predicted molar refractivity (Wildman–Crippen MR) is 56.0 cm³/mol. The van der Waals surface area contributed by atoms with E-state index in [0.717, 1.165) is 4.88 Å². The van der Waals surface area contributed by atoms with E-state index in [0.29, 0.717) is 5.13 Å². The molecule has 7 heteroatoms. The van der Waals surface area contributed by atoms with Gasteiger partial charge in [0.2, 0.25) is 10.0 Å².